The van der Waals surface area contributed by atoms with E-state index in [4.69, 9.17) is 4.74 Å². The molecule has 20 heavy (non-hydrogen) atoms. The molecule has 0 aliphatic rings. The van der Waals surface area contributed by atoms with Crippen LogP contribution in [0.2, 0.25) is 0 Å². The lowest BCUT2D eigenvalue weighted by Gasteiger charge is -2.08. The second kappa shape index (κ2) is 7.54. The molecule has 1 amide bonds. The van der Waals surface area contributed by atoms with E-state index in [0.717, 1.165) is 18.2 Å². The van der Waals surface area contributed by atoms with E-state index in [1.165, 1.54) is 0 Å². The molecule has 0 saturated heterocycles. The topological polar surface area (TPSA) is 81.5 Å². The van der Waals surface area contributed by atoms with Crippen LogP contribution in [0.3, 0.4) is 0 Å². The van der Waals surface area contributed by atoms with E-state index in [-0.39, 0.29) is 17.8 Å². The molecule has 0 heterocycles. The van der Waals surface area contributed by atoms with E-state index in [1.54, 1.807) is 0 Å². The minimum absolute atomic E-state index is 0.216. The van der Waals surface area contributed by atoms with E-state index in [1.807, 2.05) is 13.8 Å². The standard InChI is InChI=1S/C13H17FN2O4/c1-9(2)8-20-6-5-15-13(17)11-7-10(16(18)19)3-4-12(11)14/h3-4,7,9H,5-6,8H2,1-2H3,(H,15,17). The summed E-state index contributed by atoms with van der Waals surface area (Å²) in [5, 5.41) is 13.0. The number of nitrogens with zero attached hydrogens (tertiary/aromatic N) is 1. The first-order chi connectivity index (χ1) is 9.41. The number of carbonyl (C=O) groups is 1. The third-order valence-corrected chi connectivity index (χ3v) is 2.39. The van der Waals surface area contributed by atoms with Gasteiger partial charge in [-0.2, -0.15) is 0 Å². The highest BCUT2D eigenvalue weighted by atomic mass is 19.1. The molecular formula is C13H17FN2O4. The van der Waals surface area contributed by atoms with Crippen LogP contribution in [0.5, 0.6) is 0 Å². The lowest BCUT2D eigenvalue weighted by molar-refractivity contribution is -0.384. The van der Waals surface area contributed by atoms with Crippen molar-refractivity contribution in [3.63, 3.8) is 0 Å². The number of nitro groups is 1. The summed E-state index contributed by atoms with van der Waals surface area (Å²) < 4.78 is 18.7. The zero-order valence-corrected chi connectivity index (χ0v) is 11.4. The molecule has 1 aromatic rings. The molecule has 7 heteroatoms. The van der Waals surface area contributed by atoms with Crippen LogP contribution in [0.4, 0.5) is 10.1 Å². The van der Waals surface area contributed by atoms with Crippen molar-refractivity contribution in [2.24, 2.45) is 5.92 Å². The van der Waals surface area contributed by atoms with Gasteiger partial charge in [0.1, 0.15) is 5.82 Å². The Hall–Kier alpha value is -2.02. The molecule has 0 saturated carbocycles. The fraction of sp³-hybridized carbons (Fsp3) is 0.462. The van der Waals surface area contributed by atoms with E-state index >= 15 is 0 Å². The first-order valence-electron chi connectivity index (χ1n) is 6.21. The van der Waals surface area contributed by atoms with Crippen LogP contribution >= 0.6 is 0 Å². The average Bonchev–Trinajstić information content (AvgIpc) is 2.37. The number of halogens is 1. The molecule has 0 bridgehead atoms. The van der Waals surface area contributed by atoms with Crippen molar-refractivity contribution in [3.8, 4) is 0 Å². The van der Waals surface area contributed by atoms with Gasteiger partial charge in [0.05, 0.1) is 17.1 Å². The summed E-state index contributed by atoms with van der Waals surface area (Å²) in [7, 11) is 0. The van der Waals surface area contributed by atoms with Gasteiger partial charge >= 0.3 is 0 Å². The number of amides is 1. The van der Waals surface area contributed by atoms with Gasteiger partial charge in [-0.05, 0) is 12.0 Å². The van der Waals surface area contributed by atoms with Crippen molar-refractivity contribution in [1.29, 1.82) is 0 Å². The monoisotopic (exact) mass is 284 g/mol. The van der Waals surface area contributed by atoms with Gasteiger partial charge in [-0.3, -0.25) is 14.9 Å². The minimum atomic E-state index is -0.795. The molecular weight excluding hydrogens is 267 g/mol. The smallest absolute Gasteiger partial charge is 0.270 e. The van der Waals surface area contributed by atoms with E-state index in [0.29, 0.717) is 19.1 Å². The lowest BCUT2D eigenvalue weighted by Crippen LogP contribution is -2.28. The summed E-state index contributed by atoms with van der Waals surface area (Å²) in [6.07, 6.45) is 0. The van der Waals surface area contributed by atoms with Crippen molar-refractivity contribution >= 4 is 11.6 Å². The second-order valence-corrected chi connectivity index (χ2v) is 4.65. The Morgan fingerprint density at radius 1 is 1.50 bits per heavy atom. The summed E-state index contributed by atoms with van der Waals surface area (Å²) in [6, 6.07) is 2.83. The maximum Gasteiger partial charge on any atom is 0.270 e. The van der Waals surface area contributed by atoms with E-state index in [2.05, 4.69) is 5.32 Å². The molecule has 0 atom stereocenters. The molecule has 0 aliphatic heterocycles. The number of ether oxygens (including phenoxy) is 1. The Balaban J connectivity index is 2.55. The molecule has 110 valence electrons. The third kappa shape index (κ3) is 4.93. The SMILES string of the molecule is CC(C)COCCNC(=O)c1cc([N+](=O)[O-])ccc1F. The van der Waals surface area contributed by atoms with Gasteiger partial charge in [0.2, 0.25) is 0 Å². The maximum absolute atomic E-state index is 13.4. The van der Waals surface area contributed by atoms with Crippen LogP contribution in [0, 0.1) is 21.8 Å². The van der Waals surface area contributed by atoms with Crippen LogP contribution in [-0.4, -0.2) is 30.6 Å². The van der Waals surface area contributed by atoms with Gasteiger partial charge in [-0.1, -0.05) is 13.8 Å². The number of non-ortho nitro benzene ring substituents is 1. The Bertz CT molecular complexity index is 491. The van der Waals surface area contributed by atoms with E-state index in [9.17, 15) is 19.3 Å². The fourth-order valence-electron chi connectivity index (χ4n) is 1.45. The molecule has 0 aliphatic carbocycles. The lowest BCUT2D eigenvalue weighted by atomic mass is 10.1. The average molecular weight is 284 g/mol. The molecule has 1 aromatic carbocycles. The highest BCUT2D eigenvalue weighted by molar-refractivity contribution is 5.95. The number of hydrogen-bond donors (Lipinski definition) is 1. The van der Waals surface area contributed by atoms with Gasteiger partial charge in [0.15, 0.2) is 0 Å². The Labute approximate surface area is 116 Å². The van der Waals surface area contributed by atoms with Gasteiger partial charge in [-0.25, -0.2) is 4.39 Å². The summed E-state index contributed by atoms with van der Waals surface area (Å²) >= 11 is 0. The predicted octanol–water partition coefficient (Wildman–Crippen LogP) is 2.14. The van der Waals surface area contributed by atoms with E-state index < -0.39 is 16.6 Å². The zero-order chi connectivity index (χ0) is 15.1. The quantitative estimate of drug-likeness (QED) is 0.472. The molecule has 6 nitrogen and oxygen atoms in total. The fourth-order valence-corrected chi connectivity index (χ4v) is 1.45. The Morgan fingerprint density at radius 3 is 2.80 bits per heavy atom. The van der Waals surface area contributed by atoms with Crippen molar-refractivity contribution < 1.29 is 18.8 Å². The zero-order valence-electron chi connectivity index (χ0n) is 11.4. The molecule has 0 aromatic heterocycles. The largest absolute Gasteiger partial charge is 0.379 e. The summed E-state index contributed by atoms with van der Waals surface area (Å²) in [6.45, 7) is 5.09. The second-order valence-electron chi connectivity index (χ2n) is 4.65. The summed E-state index contributed by atoms with van der Waals surface area (Å²) in [5.41, 5.74) is -0.671. The molecule has 0 spiro atoms. The summed E-state index contributed by atoms with van der Waals surface area (Å²) in [4.78, 5) is 21.6. The van der Waals surface area contributed by atoms with Crippen molar-refractivity contribution in [1.82, 2.24) is 5.32 Å². The van der Waals surface area contributed by atoms with Gasteiger partial charge in [0, 0.05) is 25.3 Å². The number of rotatable bonds is 7. The summed E-state index contributed by atoms with van der Waals surface area (Å²) in [5.74, 6) is -1.10. The minimum Gasteiger partial charge on any atom is -0.379 e. The van der Waals surface area contributed by atoms with Crippen LogP contribution < -0.4 is 5.32 Å². The first-order valence-corrected chi connectivity index (χ1v) is 6.21. The van der Waals surface area contributed by atoms with Crippen molar-refractivity contribution in [2.45, 2.75) is 13.8 Å². The highest BCUT2D eigenvalue weighted by Gasteiger charge is 2.16. The van der Waals surface area contributed by atoms with Gasteiger partial charge in [0.25, 0.3) is 11.6 Å². The molecule has 0 fully saturated rings. The predicted molar refractivity (Wildman–Crippen MR) is 71.0 cm³/mol. The number of nitrogens with one attached hydrogen (secondary N) is 1. The number of hydrogen-bond acceptors (Lipinski definition) is 4. The maximum atomic E-state index is 13.4. The van der Waals surface area contributed by atoms with Crippen LogP contribution in [0.15, 0.2) is 18.2 Å². The van der Waals surface area contributed by atoms with Crippen LogP contribution in [-0.2, 0) is 4.74 Å². The normalized spacial score (nSPS) is 10.6. The van der Waals surface area contributed by atoms with Crippen LogP contribution in [0.25, 0.3) is 0 Å². The third-order valence-electron chi connectivity index (χ3n) is 2.39. The number of benzene rings is 1. The van der Waals surface area contributed by atoms with Gasteiger partial charge in [-0.15, -0.1) is 0 Å². The van der Waals surface area contributed by atoms with Gasteiger partial charge < -0.3 is 10.1 Å². The van der Waals surface area contributed by atoms with Crippen molar-refractivity contribution in [2.75, 3.05) is 19.8 Å². The first kappa shape index (κ1) is 16.0. The number of nitro benzene ring substituents is 1. The molecule has 0 unspecified atom stereocenters. The Kier molecular flexibility index (Phi) is 6.05. The molecule has 1 N–H and O–H groups in total. The van der Waals surface area contributed by atoms with Crippen LogP contribution in [0.1, 0.15) is 24.2 Å². The van der Waals surface area contributed by atoms with Crippen molar-refractivity contribution in [3.05, 3.63) is 39.7 Å². The number of carbonyl (C=O) groups excluding carboxylic acids is 1. The molecule has 1 rings (SSSR count). The highest BCUT2D eigenvalue weighted by Crippen LogP contribution is 2.16. The molecule has 0 radical (unpaired) electrons. The Morgan fingerprint density at radius 2 is 2.20 bits per heavy atom.